The SMILES string of the molecule is CC(Nc1nnc(Cl)c2ccccc12)C(=O)NC(C)(C)C. The molecule has 1 aromatic heterocycles. The van der Waals surface area contributed by atoms with Gasteiger partial charge in [-0.15, -0.1) is 10.2 Å². The molecular weight excluding hydrogens is 288 g/mol. The summed E-state index contributed by atoms with van der Waals surface area (Å²) in [5.74, 6) is 0.454. The number of nitrogens with zero attached hydrogens (tertiary/aromatic N) is 2. The molecule has 2 N–H and O–H groups in total. The van der Waals surface area contributed by atoms with Crippen molar-refractivity contribution in [1.82, 2.24) is 15.5 Å². The Bertz CT molecular complexity index is 666. The molecule has 1 unspecified atom stereocenters. The number of fused-ring (bicyclic) bond motifs is 1. The van der Waals surface area contributed by atoms with Gasteiger partial charge in [-0.2, -0.15) is 0 Å². The lowest BCUT2D eigenvalue weighted by Crippen LogP contribution is -2.47. The molecule has 0 saturated heterocycles. The first-order valence-electron chi connectivity index (χ1n) is 6.77. The van der Waals surface area contributed by atoms with E-state index >= 15 is 0 Å². The summed E-state index contributed by atoms with van der Waals surface area (Å²) >= 11 is 6.03. The van der Waals surface area contributed by atoms with Gasteiger partial charge in [0.15, 0.2) is 11.0 Å². The Morgan fingerprint density at radius 3 is 2.43 bits per heavy atom. The molecule has 21 heavy (non-hydrogen) atoms. The Morgan fingerprint density at radius 1 is 1.19 bits per heavy atom. The number of rotatable bonds is 3. The summed E-state index contributed by atoms with van der Waals surface area (Å²) in [6.07, 6.45) is 0. The maximum Gasteiger partial charge on any atom is 0.242 e. The van der Waals surface area contributed by atoms with Gasteiger partial charge in [-0.05, 0) is 27.7 Å². The second-order valence-electron chi connectivity index (χ2n) is 5.99. The summed E-state index contributed by atoms with van der Waals surface area (Å²) in [4.78, 5) is 12.1. The van der Waals surface area contributed by atoms with Crippen LogP contribution >= 0.6 is 11.6 Å². The summed E-state index contributed by atoms with van der Waals surface area (Å²) in [6.45, 7) is 7.60. The third-order valence-electron chi connectivity index (χ3n) is 2.89. The maximum absolute atomic E-state index is 12.1. The highest BCUT2D eigenvalue weighted by molar-refractivity contribution is 6.34. The van der Waals surface area contributed by atoms with E-state index in [1.807, 2.05) is 45.0 Å². The van der Waals surface area contributed by atoms with E-state index in [-0.39, 0.29) is 11.4 Å². The van der Waals surface area contributed by atoms with Gasteiger partial charge in [0, 0.05) is 16.3 Å². The van der Waals surface area contributed by atoms with Crippen molar-refractivity contribution >= 4 is 34.1 Å². The summed E-state index contributed by atoms with van der Waals surface area (Å²) in [5, 5.41) is 16.0. The Morgan fingerprint density at radius 2 is 1.81 bits per heavy atom. The Hall–Kier alpha value is -1.88. The number of carbonyl (C=O) groups excluding carboxylic acids is 1. The molecule has 0 bridgehead atoms. The van der Waals surface area contributed by atoms with E-state index in [1.54, 1.807) is 6.92 Å². The second kappa shape index (κ2) is 5.85. The van der Waals surface area contributed by atoms with Gasteiger partial charge in [-0.3, -0.25) is 4.79 Å². The van der Waals surface area contributed by atoms with E-state index in [0.29, 0.717) is 11.0 Å². The molecule has 1 amide bonds. The third-order valence-corrected chi connectivity index (χ3v) is 3.17. The summed E-state index contributed by atoms with van der Waals surface area (Å²) in [5.41, 5.74) is -0.277. The smallest absolute Gasteiger partial charge is 0.242 e. The third kappa shape index (κ3) is 3.82. The topological polar surface area (TPSA) is 66.9 Å². The molecule has 1 aromatic carbocycles. The molecule has 2 rings (SSSR count). The van der Waals surface area contributed by atoms with Crippen LogP contribution < -0.4 is 10.6 Å². The fourth-order valence-electron chi connectivity index (χ4n) is 1.93. The lowest BCUT2D eigenvalue weighted by Gasteiger charge is -2.24. The minimum absolute atomic E-state index is 0.0941. The maximum atomic E-state index is 12.1. The van der Waals surface area contributed by atoms with Gasteiger partial charge < -0.3 is 10.6 Å². The average Bonchev–Trinajstić information content (AvgIpc) is 2.40. The quantitative estimate of drug-likeness (QED) is 0.915. The number of halogens is 1. The van der Waals surface area contributed by atoms with Gasteiger partial charge in [0.25, 0.3) is 0 Å². The molecule has 5 nitrogen and oxygen atoms in total. The predicted octanol–water partition coefficient (Wildman–Crippen LogP) is 3.00. The molecule has 0 aliphatic rings. The van der Waals surface area contributed by atoms with Gasteiger partial charge in [-0.1, -0.05) is 35.9 Å². The monoisotopic (exact) mass is 306 g/mol. The number of carbonyl (C=O) groups is 1. The zero-order valence-electron chi connectivity index (χ0n) is 12.6. The molecule has 0 aliphatic heterocycles. The minimum Gasteiger partial charge on any atom is -0.357 e. The first kappa shape index (κ1) is 15.5. The molecule has 2 aromatic rings. The van der Waals surface area contributed by atoms with Crippen LogP contribution in [0.3, 0.4) is 0 Å². The molecule has 1 atom stereocenters. The van der Waals surface area contributed by atoms with Crippen molar-refractivity contribution in [3.8, 4) is 0 Å². The lowest BCUT2D eigenvalue weighted by atomic mass is 10.1. The van der Waals surface area contributed by atoms with Crippen LogP contribution in [0.15, 0.2) is 24.3 Å². The highest BCUT2D eigenvalue weighted by Gasteiger charge is 2.20. The number of benzene rings is 1. The van der Waals surface area contributed by atoms with Crippen molar-refractivity contribution in [2.24, 2.45) is 0 Å². The highest BCUT2D eigenvalue weighted by Crippen LogP contribution is 2.25. The Labute approximate surface area is 129 Å². The van der Waals surface area contributed by atoms with Gasteiger partial charge in [0.05, 0.1) is 0 Å². The average molecular weight is 307 g/mol. The number of hydrogen-bond donors (Lipinski definition) is 2. The van der Waals surface area contributed by atoms with Gasteiger partial charge in [0.2, 0.25) is 5.91 Å². The van der Waals surface area contributed by atoms with Crippen molar-refractivity contribution < 1.29 is 4.79 Å². The lowest BCUT2D eigenvalue weighted by molar-refractivity contribution is -0.122. The van der Waals surface area contributed by atoms with E-state index in [1.165, 1.54) is 0 Å². The number of aromatic nitrogens is 2. The van der Waals surface area contributed by atoms with Crippen LogP contribution in [0.1, 0.15) is 27.7 Å². The van der Waals surface area contributed by atoms with Crippen molar-refractivity contribution in [1.29, 1.82) is 0 Å². The van der Waals surface area contributed by atoms with Crippen LogP contribution in [-0.4, -0.2) is 27.7 Å². The van der Waals surface area contributed by atoms with E-state index in [9.17, 15) is 4.79 Å². The normalized spacial score (nSPS) is 13.0. The molecular formula is C15H19ClN4O. The number of nitrogens with one attached hydrogen (secondary N) is 2. The van der Waals surface area contributed by atoms with Crippen LogP contribution in [0, 0.1) is 0 Å². The summed E-state index contributed by atoms with van der Waals surface area (Å²) in [7, 11) is 0. The van der Waals surface area contributed by atoms with E-state index < -0.39 is 6.04 Å². The fourth-order valence-corrected chi connectivity index (χ4v) is 2.13. The van der Waals surface area contributed by atoms with Crippen molar-refractivity contribution in [2.75, 3.05) is 5.32 Å². The van der Waals surface area contributed by atoms with Crippen LogP contribution in [-0.2, 0) is 4.79 Å². The molecule has 1 heterocycles. The summed E-state index contributed by atoms with van der Waals surface area (Å²) < 4.78 is 0. The Kier molecular flexibility index (Phi) is 4.32. The van der Waals surface area contributed by atoms with Gasteiger partial charge >= 0.3 is 0 Å². The molecule has 112 valence electrons. The zero-order valence-corrected chi connectivity index (χ0v) is 13.3. The number of amides is 1. The molecule has 0 radical (unpaired) electrons. The highest BCUT2D eigenvalue weighted by atomic mass is 35.5. The van der Waals surface area contributed by atoms with Gasteiger partial charge in [0.1, 0.15) is 6.04 Å². The standard InChI is InChI=1S/C15H19ClN4O/c1-9(14(21)18-15(2,3)4)17-13-11-8-6-5-7-10(11)12(16)19-20-13/h5-9H,1-4H3,(H,17,20)(H,18,21). The van der Waals surface area contributed by atoms with Crippen LogP contribution in [0.5, 0.6) is 0 Å². The van der Waals surface area contributed by atoms with Crippen LogP contribution in [0.2, 0.25) is 5.15 Å². The first-order valence-corrected chi connectivity index (χ1v) is 7.15. The van der Waals surface area contributed by atoms with Crippen molar-refractivity contribution in [2.45, 2.75) is 39.3 Å². The van der Waals surface area contributed by atoms with Gasteiger partial charge in [-0.25, -0.2) is 0 Å². The first-order chi connectivity index (χ1) is 9.78. The fraction of sp³-hybridized carbons (Fsp3) is 0.400. The molecule has 0 aliphatic carbocycles. The molecule has 6 heteroatoms. The molecule has 0 saturated carbocycles. The molecule has 0 fully saturated rings. The Balaban J connectivity index is 2.24. The van der Waals surface area contributed by atoms with E-state index in [0.717, 1.165) is 10.8 Å². The van der Waals surface area contributed by atoms with E-state index in [4.69, 9.17) is 11.6 Å². The van der Waals surface area contributed by atoms with E-state index in [2.05, 4.69) is 20.8 Å². The van der Waals surface area contributed by atoms with Crippen molar-refractivity contribution in [3.63, 3.8) is 0 Å². The van der Waals surface area contributed by atoms with Crippen LogP contribution in [0.25, 0.3) is 10.8 Å². The number of hydrogen-bond acceptors (Lipinski definition) is 4. The number of anilines is 1. The zero-order chi connectivity index (χ0) is 15.6. The van der Waals surface area contributed by atoms with Crippen molar-refractivity contribution in [3.05, 3.63) is 29.4 Å². The second-order valence-corrected chi connectivity index (χ2v) is 6.35. The molecule has 0 spiro atoms. The largest absolute Gasteiger partial charge is 0.357 e. The predicted molar refractivity (Wildman–Crippen MR) is 85.5 cm³/mol. The minimum atomic E-state index is -0.428. The van der Waals surface area contributed by atoms with Crippen LogP contribution in [0.4, 0.5) is 5.82 Å². The summed E-state index contributed by atoms with van der Waals surface area (Å²) in [6, 6.07) is 7.12.